The van der Waals surface area contributed by atoms with Gasteiger partial charge < -0.3 is 30.0 Å². The van der Waals surface area contributed by atoms with Crippen LogP contribution in [-0.4, -0.2) is 55.3 Å². The highest BCUT2D eigenvalue weighted by Gasteiger charge is 2.26. The molecule has 6 rings (SSSR count). The molecule has 0 saturated carbocycles. The van der Waals surface area contributed by atoms with Crippen LogP contribution < -0.4 is 16.0 Å². The number of anilines is 2. The normalized spacial score (nSPS) is 14.1. The zero-order valence-electron chi connectivity index (χ0n) is 25.7. The molecule has 0 aliphatic carbocycles. The Morgan fingerprint density at radius 3 is 2.23 bits per heavy atom. The predicted molar refractivity (Wildman–Crippen MR) is 169 cm³/mol. The van der Waals surface area contributed by atoms with Gasteiger partial charge in [0, 0.05) is 69.3 Å². The number of aromatic nitrogens is 4. The number of carbonyl (C=O) groups excluding carboxylic acids is 3. The summed E-state index contributed by atoms with van der Waals surface area (Å²) in [4.78, 5) is 49.1. The Hall–Kier alpha value is -4.77. The van der Waals surface area contributed by atoms with E-state index in [0.29, 0.717) is 43.4 Å². The minimum Gasteiger partial charge on any atom is -0.339 e. The Morgan fingerprint density at radius 2 is 1.55 bits per heavy atom. The molecule has 44 heavy (non-hydrogen) atoms. The fourth-order valence-corrected chi connectivity index (χ4v) is 6.40. The summed E-state index contributed by atoms with van der Waals surface area (Å²) in [6.45, 7) is 6.67. The van der Waals surface area contributed by atoms with E-state index < -0.39 is 0 Å². The molecule has 0 fully saturated rings. The molecule has 11 nitrogen and oxygen atoms in total. The van der Waals surface area contributed by atoms with Gasteiger partial charge in [-0.05, 0) is 47.7 Å². The fraction of sp³-hybridized carbons (Fsp3) is 0.364. The van der Waals surface area contributed by atoms with Gasteiger partial charge in [-0.15, -0.1) is 0 Å². The third-order valence-corrected chi connectivity index (χ3v) is 8.76. The summed E-state index contributed by atoms with van der Waals surface area (Å²) in [5.41, 5.74) is 9.12. The Bertz CT molecular complexity index is 1770. The van der Waals surface area contributed by atoms with Gasteiger partial charge in [-0.2, -0.15) is 0 Å². The van der Waals surface area contributed by atoms with Crippen LogP contribution >= 0.6 is 0 Å². The van der Waals surface area contributed by atoms with Gasteiger partial charge in [0.2, 0.25) is 6.41 Å². The van der Waals surface area contributed by atoms with Gasteiger partial charge in [-0.25, -0.2) is 9.97 Å². The Kier molecular flexibility index (Phi) is 8.05. The van der Waals surface area contributed by atoms with Gasteiger partial charge in [-0.3, -0.25) is 14.4 Å². The lowest BCUT2D eigenvalue weighted by atomic mass is 9.92. The van der Waals surface area contributed by atoms with Gasteiger partial charge in [0.1, 0.15) is 0 Å². The number of nitrogens with one attached hydrogen (secondary N) is 3. The molecule has 2 aliphatic rings. The molecule has 0 radical (unpaired) electrons. The van der Waals surface area contributed by atoms with Crippen LogP contribution in [-0.2, 0) is 51.2 Å². The summed E-state index contributed by atoms with van der Waals surface area (Å²) in [7, 11) is 3.74. The molecule has 11 heteroatoms. The average molecular weight is 595 g/mol. The van der Waals surface area contributed by atoms with Crippen molar-refractivity contribution in [3.8, 4) is 11.1 Å². The van der Waals surface area contributed by atoms with E-state index in [2.05, 4.69) is 38.9 Å². The molecule has 3 N–H and O–H groups in total. The highest BCUT2D eigenvalue weighted by Crippen LogP contribution is 2.35. The molecule has 2 aromatic heterocycles. The minimum atomic E-state index is -0.292. The maximum atomic E-state index is 13.5. The van der Waals surface area contributed by atoms with Crippen molar-refractivity contribution in [3.63, 3.8) is 0 Å². The van der Waals surface area contributed by atoms with E-state index in [1.807, 2.05) is 60.5 Å². The number of fused-ring (bicyclic) bond motifs is 2. The third kappa shape index (κ3) is 5.28. The fourth-order valence-electron chi connectivity index (χ4n) is 6.40. The second-order valence-corrected chi connectivity index (χ2v) is 11.5. The summed E-state index contributed by atoms with van der Waals surface area (Å²) < 4.78 is 3.73. The SMILES string of the molecule is CCCc1c(NC(=O)c2nc3c(n2C)CCN(C=O)C3)cccc1-c1cccc(NC(=O)c2nc3c(n2C)CCNC3)c1C. The number of hydrogen-bond donors (Lipinski definition) is 3. The molecular weight excluding hydrogens is 556 g/mol. The maximum Gasteiger partial charge on any atom is 0.291 e. The first-order chi connectivity index (χ1) is 21.3. The van der Waals surface area contributed by atoms with Gasteiger partial charge in [-0.1, -0.05) is 37.6 Å². The molecule has 3 amide bonds. The van der Waals surface area contributed by atoms with Gasteiger partial charge in [0.25, 0.3) is 11.8 Å². The lowest BCUT2D eigenvalue weighted by Gasteiger charge is -2.22. The molecular formula is C33H38N8O3. The molecule has 0 bridgehead atoms. The van der Waals surface area contributed by atoms with Gasteiger partial charge in [0.05, 0.1) is 17.9 Å². The average Bonchev–Trinajstić information content (AvgIpc) is 3.55. The maximum absolute atomic E-state index is 13.5. The van der Waals surface area contributed by atoms with Crippen LogP contribution in [0, 0.1) is 6.92 Å². The highest BCUT2D eigenvalue weighted by molar-refractivity contribution is 6.04. The van der Waals surface area contributed by atoms with Crippen LogP contribution in [0.2, 0.25) is 0 Å². The van der Waals surface area contributed by atoms with E-state index in [-0.39, 0.29) is 11.8 Å². The summed E-state index contributed by atoms with van der Waals surface area (Å²) >= 11 is 0. The Morgan fingerprint density at radius 1 is 0.909 bits per heavy atom. The molecule has 4 aromatic rings. The zero-order chi connectivity index (χ0) is 31.0. The van der Waals surface area contributed by atoms with Crippen molar-refractivity contribution >= 4 is 29.6 Å². The van der Waals surface area contributed by atoms with Crippen LogP contribution in [0.4, 0.5) is 11.4 Å². The lowest BCUT2D eigenvalue weighted by Crippen LogP contribution is -2.29. The van der Waals surface area contributed by atoms with E-state index in [1.54, 1.807) is 4.90 Å². The molecule has 228 valence electrons. The van der Waals surface area contributed by atoms with Crippen molar-refractivity contribution in [1.29, 1.82) is 0 Å². The predicted octanol–water partition coefficient (Wildman–Crippen LogP) is 3.75. The number of imidazole rings is 2. The van der Waals surface area contributed by atoms with E-state index >= 15 is 0 Å². The molecule has 2 aromatic carbocycles. The second-order valence-electron chi connectivity index (χ2n) is 11.5. The number of benzene rings is 2. The van der Waals surface area contributed by atoms with Crippen LogP contribution in [0.5, 0.6) is 0 Å². The van der Waals surface area contributed by atoms with E-state index in [9.17, 15) is 14.4 Å². The van der Waals surface area contributed by atoms with Crippen LogP contribution in [0.1, 0.15) is 68.5 Å². The highest BCUT2D eigenvalue weighted by atomic mass is 16.2. The standard InChI is InChI=1S/C33H38N8O3/c1-5-8-23-22(10-7-12-25(23)38-33(44)31-36-27-18-41(19-42)16-14-29(27)40(31)4)21-9-6-11-24(20(21)2)37-32(43)30-35-26-17-34-15-13-28(26)39(30)3/h6-7,9-12,19,34H,5,8,13-18H2,1-4H3,(H,37,43)(H,38,44). The largest absolute Gasteiger partial charge is 0.339 e. The molecule has 2 aliphatic heterocycles. The number of nitrogens with zero attached hydrogens (tertiary/aromatic N) is 5. The van der Waals surface area contributed by atoms with Crippen molar-refractivity contribution < 1.29 is 14.4 Å². The smallest absolute Gasteiger partial charge is 0.291 e. The molecule has 4 heterocycles. The quantitative estimate of drug-likeness (QED) is 0.267. The lowest BCUT2D eigenvalue weighted by molar-refractivity contribution is -0.119. The summed E-state index contributed by atoms with van der Waals surface area (Å²) in [6, 6.07) is 11.8. The topological polar surface area (TPSA) is 126 Å². The second kappa shape index (κ2) is 12.1. The monoisotopic (exact) mass is 594 g/mol. The van der Waals surface area contributed by atoms with Gasteiger partial charge in [0.15, 0.2) is 11.6 Å². The third-order valence-electron chi connectivity index (χ3n) is 8.76. The van der Waals surface area contributed by atoms with E-state index in [4.69, 9.17) is 0 Å². The number of hydrogen-bond acceptors (Lipinski definition) is 6. The van der Waals surface area contributed by atoms with Crippen LogP contribution in [0.25, 0.3) is 11.1 Å². The van der Waals surface area contributed by atoms with Crippen LogP contribution in [0.3, 0.4) is 0 Å². The molecule has 0 spiro atoms. The summed E-state index contributed by atoms with van der Waals surface area (Å²) in [6.07, 6.45) is 3.96. The van der Waals surface area contributed by atoms with E-state index in [0.717, 1.165) is 82.9 Å². The van der Waals surface area contributed by atoms with Gasteiger partial charge >= 0.3 is 0 Å². The van der Waals surface area contributed by atoms with Crippen molar-refractivity contribution in [2.24, 2.45) is 14.1 Å². The van der Waals surface area contributed by atoms with Crippen LogP contribution in [0.15, 0.2) is 36.4 Å². The van der Waals surface area contributed by atoms with Crippen molar-refractivity contribution in [2.45, 2.75) is 52.6 Å². The number of carbonyl (C=O) groups is 3. The van der Waals surface area contributed by atoms with Crippen molar-refractivity contribution in [1.82, 2.24) is 29.3 Å². The van der Waals surface area contributed by atoms with E-state index in [1.165, 1.54) is 0 Å². The first-order valence-corrected chi connectivity index (χ1v) is 15.1. The number of amides is 3. The number of rotatable bonds is 8. The molecule has 0 saturated heterocycles. The zero-order valence-corrected chi connectivity index (χ0v) is 25.7. The first-order valence-electron chi connectivity index (χ1n) is 15.1. The van der Waals surface area contributed by atoms with Crippen molar-refractivity contribution in [2.75, 3.05) is 23.7 Å². The Labute approximate surface area is 256 Å². The molecule has 0 atom stereocenters. The summed E-state index contributed by atoms with van der Waals surface area (Å²) in [5, 5.41) is 9.53. The minimum absolute atomic E-state index is 0.244. The summed E-state index contributed by atoms with van der Waals surface area (Å²) in [5.74, 6) is 0.184. The first kappa shape index (κ1) is 29.3. The molecule has 0 unspecified atom stereocenters. The Balaban J connectivity index is 1.29. The van der Waals surface area contributed by atoms with Crippen molar-refractivity contribution in [3.05, 3.63) is 81.9 Å².